The van der Waals surface area contributed by atoms with Gasteiger partial charge >= 0.3 is 0 Å². The molecule has 2 aromatic heterocycles. The average molecular weight is 541 g/mol. The van der Waals surface area contributed by atoms with Gasteiger partial charge in [-0.2, -0.15) is 4.98 Å². The van der Waals surface area contributed by atoms with Crippen LogP contribution in [0.15, 0.2) is 40.6 Å². The normalized spacial score (nSPS) is 17.0. The molecular formula is C28H37ClN6OS. The molecular weight excluding hydrogens is 504 g/mol. The smallest absolute Gasteiger partial charge is 0.224 e. The lowest BCUT2D eigenvalue weighted by Crippen LogP contribution is -2.18. The van der Waals surface area contributed by atoms with Crippen molar-refractivity contribution >= 4 is 40.9 Å². The number of aryl methyl sites for hydroxylation is 1. The Hall–Kier alpha value is -2.71. The quantitative estimate of drug-likeness (QED) is 0.225. The van der Waals surface area contributed by atoms with Crippen molar-refractivity contribution in [3.8, 4) is 10.6 Å². The van der Waals surface area contributed by atoms with Gasteiger partial charge in [0, 0.05) is 48.1 Å². The lowest BCUT2D eigenvalue weighted by atomic mass is 10.1. The standard InChI is InChI=1S/C28H37ClN6OS/c1-5-8-22(36-4)16-20(29)15-18(2)11-14-31-28-32-19(3)25(26(35-28)33-21-9-6-7-10-21)27-34-23-17-30-13-12-24(23)37-27/h5,8,15,17-18,21H,1,6-7,9-14,16H2,2-4H3,(H2,31,32,33,35)/b20-15+,22-8+. The molecule has 1 atom stereocenters. The van der Waals surface area contributed by atoms with Gasteiger partial charge in [0.2, 0.25) is 5.95 Å². The summed E-state index contributed by atoms with van der Waals surface area (Å²) < 4.78 is 5.34. The van der Waals surface area contributed by atoms with Gasteiger partial charge < -0.3 is 15.4 Å². The lowest BCUT2D eigenvalue weighted by molar-refractivity contribution is 0.284. The lowest BCUT2D eigenvalue weighted by Gasteiger charge is -2.18. The highest BCUT2D eigenvalue weighted by atomic mass is 35.5. The molecule has 0 spiro atoms. The number of aliphatic imine (C=N–C) groups is 1. The molecule has 1 aliphatic heterocycles. The molecule has 198 valence electrons. The first-order valence-electron chi connectivity index (χ1n) is 13.1. The van der Waals surface area contributed by atoms with Crippen molar-refractivity contribution in [1.82, 2.24) is 15.0 Å². The van der Waals surface area contributed by atoms with Gasteiger partial charge in [0.1, 0.15) is 16.6 Å². The maximum atomic E-state index is 6.46. The fourth-order valence-electron chi connectivity index (χ4n) is 4.70. The second kappa shape index (κ2) is 13.2. The number of aromatic nitrogens is 3. The molecule has 9 heteroatoms. The summed E-state index contributed by atoms with van der Waals surface area (Å²) in [5, 5.41) is 8.88. The summed E-state index contributed by atoms with van der Waals surface area (Å²) in [7, 11) is 1.65. The van der Waals surface area contributed by atoms with Crippen molar-refractivity contribution in [2.75, 3.05) is 30.8 Å². The second-order valence-electron chi connectivity index (χ2n) is 9.65. The van der Waals surface area contributed by atoms with Crippen molar-refractivity contribution < 1.29 is 4.74 Å². The summed E-state index contributed by atoms with van der Waals surface area (Å²) in [5.74, 6) is 2.60. The SMILES string of the molecule is C=C/C=C(\C/C(Cl)=C\C(C)CCNc1nc(C)c(-c2nc3c(s2)CCN=C3)c(NC2CCCC2)n1)OC. The van der Waals surface area contributed by atoms with Gasteiger partial charge in [-0.25, -0.2) is 9.97 Å². The highest BCUT2D eigenvalue weighted by Gasteiger charge is 2.23. The second-order valence-corrected chi connectivity index (χ2v) is 11.2. The molecule has 0 bridgehead atoms. The van der Waals surface area contributed by atoms with Crippen LogP contribution in [0.5, 0.6) is 0 Å². The topological polar surface area (TPSA) is 84.3 Å². The fourth-order valence-corrected chi connectivity index (χ4v) is 6.17. The van der Waals surface area contributed by atoms with E-state index in [1.807, 2.05) is 19.2 Å². The fraction of sp³-hybridized carbons (Fsp3) is 0.500. The first-order valence-corrected chi connectivity index (χ1v) is 14.3. The Labute approximate surface area is 229 Å². The number of thiazole rings is 1. The predicted molar refractivity (Wildman–Crippen MR) is 156 cm³/mol. The molecule has 0 saturated heterocycles. The Balaban J connectivity index is 1.46. The Kier molecular flexibility index (Phi) is 9.75. The minimum Gasteiger partial charge on any atom is -0.501 e. The molecule has 1 fully saturated rings. The number of fused-ring (bicyclic) bond motifs is 1. The minimum atomic E-state index is 0.293. The molecule has 3 heterocycles. The summed E-state index contributed by atoms with van der Waals surface area (Å²) in [5.41, 5.74) is 2.92. The van der Waals surface area contributed by atoms with E-state index in [0.717, 1.165) is 64.5 Å². The summed E-state index contributed by atoms with van der Waals surface area (Å²) in [4.78, 5) is 20.3. The Morgan fingerprint density at radius 1 is 1.30 bits per heavy atom. The zero-order chi connectivity index (χ0) is 26.2. The third-order valence-electron chi connectivity index (χ3n) is 6.67. The predicted octanol–water partition coefficient (Wildman–Crippen LogP) is 6.91. The van der Waals surface area contributed by atoms with Crippen LogP contribution >= 0.6 is 22.9 Å². The number of allylic oxidation sites excluding steroid dienone is 4. The van der Waals surface area contributed by atoms with Gasteiger partial charge in [0.25, 0.3) is 0 Å². The van der Waals surface area contributed by atoms with Crippen LogP contribution < -0.4 is 10.6 Å². The number of nitrogens with zero attached hydrogens (tertiary/aromatic N) is 4. The zero-order valence-electron chi connectivity index (χ0n) is 22.0. The molecule has 2 N–H and O–H groups in total. The van der Waals surface area contributed by atoms with E-state index >= 15 is 0 Å². The van der Waals surface area contributed by atoms with Gasteiger partial charge in [0.15, 0.2) is 0 Å². The number of hydrogen-bond acceptors (Lipinski definition) is 8. The van der Waals surface area contributed by atoms with Crippen LogP contribution in [-0.2, 0) is 11.2 Å². The number of hydrogen-bond donors (Lipinski definition) is 2. The maximum absolute atomic E-state index is 6.46. The van der Waals surface area contributed by atoms with Crippen LogP contribution in [0, 0.1) is 12.8 Å². The van der Waals surface area contributed by atoms with E-state index in [9.17, 15) is 0 Å². The Morgan fingerprint density at radius 3 is 2.84 bits per heavy atom. The van der Waals surface area contributed by atoms with Gasteiger partial charge in [-0.3, -0.25) is 4.99 Å². The third kappa shape index (κ3) is 7.42. The molecule has 37 heavy (non-hydrogen) atoms. The number of methoxy groups -OCH3 is 1. The molecule has 7 nitrogen and oxygen atoms in total. The van der Waals surface area contributed by atoms with Crippen molar-refractivity contribution in [3.63, 3.8) is 0 Å². The molecule has 0 radical (unpaired) electrons. The number of halogens is 1. The maximum Gasteiger partial charge on any atom is 0.224 e. The number of anilines is 2. The van der Waals surface area contributed by atoms with E-state index in [1.54, 1.807) is 24.5 Å². The van der Waals surface area contributed by atoms with Crippen LogP contribution in [0.25, 0.3) is 10.6 Å². The van der Waals surface area contributed by atoms with Crippen molar-refractivity contribution in [1.29, 1.82) is 0 Å². The number of nitrogens with one attached hydrogen (secondary N) is 2. The first kappa shape index (κ1) is 27.3. The molecule has 1 aliphatic carbocycles. The summed E-state index contributed by atoms with van der Waals surface area (Å²) in [6.07, 6.45) is 14.8. The van der Waals surface area contributed by atoms with Gasteiger partial charge in [-0.1, -0.05) is 50.1 Å². The van der Waals surface area contributed by atoms with Crippen LogP contribution in [0.2, 0.25) is 0 Å². The van der Waals surface area contributed by atoms with E-state index in [-0.39, 0.29) is 0 Å². The molecule has 0 aromatic carbocycles. The minimum absolute atomic E-state index is 0.293. The van der Waals surface area contributed by atoms with E-state index in [2.05, 4.69) is 35.2 Å². The molecule has 2 aliphatic rings. The first-order chi connectivity index (χ1) is 18.0. The summed E-state index contributed by atoms with van der Waals surface area (Å²) in [6.45, 7) is 9.49. The van der Waals surface area contributed by atoms with Crippen LogP contribution in [0.4, 0.5) is 11.8 Å². The van der Waals surface area contributed by atoms with Crippen molar-refractivity contribution in [2.45, 2.75) is 64.8 Å². The molecule has 1 unspecified atom stereocenters. The number of ether oxygens (including phenoxy) is 1. The molecule has 1 saturated carbocycles. The third-order valence-corrected chi connectivity index (χ3v) is 8.07. The zero-order valence-corrected chi connectivity index (χ0v) is 23.6. The summed E-state index contributed by atoms with van der Waals surface area (Å²) >= 11 is 8.19. The molecule has 2 aromatic rings. The highest BCUT2D eigenvalue weighted by molar-refractivity contribution is 7.15. The molecule has 4 rings (SSSR count). The van der Waals surface area contributed by atoms with Gasteiger partial charge in [-0.05, 0) is 38.2 Å². The monoisotopic (exact) mass is 540 g/mol. The van der Waals surface area contributed by atoms with Gasteiger partial charge in [-0.15, -0.1) is 11.3 Å². The number of rotatable bonds is 12. The Bertz CT molecular complexity index is 1180. The van der Waals surface area contributed by atoms with Crippen LogP contribution in [0.3, 0.4) is 0 Å². The van der Waals surface area contributed by atoms with E-state index in [1.165, 1.54) is 30.6 Å². The average Bonchev–Trinajstić information content (AvgIpc) is 3.53. The Morgan fingerprint density at radius 2 is 2.11 bits per heavy atom. The van der Waals surface area contributed by atoms with E-state index in [0.29, 0.717) is 24.3 Å². The van der Waals surface area contributed by atoms with Crippen LogP contribution in [-0.4, -0.2) is 47.4 Å². The molecule has 0 amide bonds. The highest BCUT2D eigenvalue weighted by Crippen LogP contribution is 2.37. The van der Waals surface area contributed by atoms with Crippen molar-refractivity contribution in [3.05, 3.63) is 51.9 Å². The van der Waals surface area contributed by atoms with E-state index in [4.69, 9.17) is 31.3 Å². The van der Waals surface area contributed by atoms with E-state index < -0.39 is 0 Å². The largest absolute Gasteiger partial charge is 0.501 e. The summed E-state index contributed by atoms with van der Waals surface area (Å²) in [6, 6.07) is 0.441. The van der Waals surface area contributed by atoms with Gasteiger partial charge in [0.05, 0.1) is 24.1 Å². The van der Waals surface area contributed by atoms with Crippen LogP contribution in [0.1, 0.15) is 61.7 Å². The van der Waals surface area contributed by atoms with Crippen molar-refractivity contribution in [2.24, 2.45) is 10.9 Å².